The summed E-state index contributed by atoms with van der Waals surface area (Å²) in [6.07, 6.45) is -0.0259. The van der Waals surface area contributed by atoms with Gasteiger partial charge in [0.15, 0.2) is 0 Å². The van der Waals surface area contributed by atoms with Crippen molar-refractivity contribution >= 4 is 11.5 Å². The van der Waals surface area contributed by atoms with E-state index in [-0.39, 0.29) is 22.6 Å². The van der Waals surface area contributed by atoms with Crippen molar-refractivity contribution in [3.05, 3.63) is 15.8 Å². The molecule has 18 heavy (non-hydrogen) atoms. The third-order valence-electron chi connectivity index (χ3n) is 2.74. The molecule has 1 rings (SSSR count). The van der Waals surface area contributed by atoms with Gasteiger partial charge in [-0.2, -0.15) is 5.10 Å². The minimum Gasteiger partial charge on any atom is -0.380 e. The summed E-state index contributed by atoms with van der Waals surface area (Å²) in [5.74, 6) is 0.430. The standard InChI is InChI=1S/C11H20N4O3/c1-7(2)9-10(15(16)17)11(14(4)13-9)12-6-8(3)18-5/h7-8,12H,6H2,1-5H3. The Labute approximate surface area is 106 Å². The minimum atomic E-state index is -0.387. The first kappa shape index (κ1) is 14.4. The van der Waals surface area contributed by atoms with Gasteiger partial charge in [0, 0.05) is 26.6 Å². The third-order valence-corrected chi connectivity index (χ3v) is 2.74. The molecule has 7 heteroatoms. The summed E-state index contributed by atoms with van der Waals surface area (Å²) in [5, 5.41) is 18.4. The average Bonchev–Trinajstić information content (AvgIpc) is 2.63. The fourth-order valence-corrected chi connectivity index (χ4v) is 1.62. The van der Waals surface area contributed by atoms with Crippen LogP contribution >= 0.6 is 0 Å². The van der Waals surface area contributed by atoms with E-state index in [1.165, 1.54) is 4.68 Å². The van der Waals surface area contributed by atoms with Crippen molar-refractivity contribution in [1.29, 1.82) is 0 Å². The first-order chi connectivity index (χ1) is 8.38. The summed E-state index contributed by atoms with van der Waals surface area (Å²) in [7, 11) is 3.29. The molecule has 1 unspecified atom stereocenters. The van der Waals surface area contributed by atoms with Gasteiger partial charge in [-0.1, -0.05) is 13.8 Å². The van der Waals surface area contributed by atoms with Gasteiger partial charge >= 0.3 is 5.69 Å². The second-order valence-corrected chi connectivity index (χ2v) is 4.55. The molecule has 0 amide bonds. The van der Waals surface area contributed by atoms with E-state index in [0.29, 0.717) is 18.1 Å². The van der Waals surface area contributed by atoms with E-state index in [1.807, 2.05) is 20.8 Å². The maximum absolute atomic E-state index is 11.2. The number of nitrogens with zero attached hydrogens (tertiary/aromatic N) is 3. The summed E-state index contributed by atoms with van der Waals surface area (Å²) in [6.45, 7) is 6.15. The number of methoxy groups -OCH3 is 1. The number of nitrogens with one attached hydrogen (secondary N) is 1. The molecule has 1 N–H and O–H groups in total. The predicted molar refractivity (Wildman–Crippen MR) is 68.9 cm³/mol. The molecule has 0 fully saturated rings. The van der Waals surface area contributed by atoms with Crippen LogP contribution in [0.5, 0.6) is 0 Å². The highest BCUT2D eigenvalue weighted by molar-refractivity contribution is 5.60. The van der Waals surface area contributed by atoms with Crippen molar-refractivity contribution in [2.45, 2.75) is 32.8 Å². The molecule has 0 aliphatic heterocycles. The molecule has 0 aliphatic carbocycles. The summed E-state index contributed by atoms with van der Waals surface area (Å²) < 4.78 is 6.61. The fourth-order valence-electron chi connectivity index (χ4n) is 1.62. The average molecular weight is 256 g/mol. The van der Waals surface area contributed by atoms with Gasteiger partial charge in [-0.3, -0.25) is 10.1 Å². The number of hydrogen-bond acceptors (Lipinski definition) is 5. The zero-order valence-electron chi connectivity index (χ0n) is 11.4. The van der Waals surface area contributed by atoms with Gasteiger partial charge in [-0.15, -0.1) is 0 Å². The second-order valence-electron chi connectivity index (χ2n) is 4.55. The Morgan fingerprint density at radius 2 is 2.11 bits per heavy atom. The number of ether oxygens (including phenoxy) is 1. The maximum Gasteiger partial charge on any atom is 0.334 e. The van der Waals surface area contributed by atoms with E-state index < -0.39 is 0 Å². The molecule has 102 valence electrons. The van der Waals surface area contributed by atoms with Gasteiger partial charge in [0.25, 0.3) is 0 Å². The monoisotopic (exact) mass is 256 g/mol. The molecule has 0 saturated carbocycles. The van der Waals surface area contributed by atoms with E-state index in [0.717, 1.165) is 0 Å². The number of hydrogen-bond donors (Lipinski definition) is 1. The lowest BCUT2D eigenvalue weighted by atomic mass is 10.1. The highest BCUT2D eigenvalue weighted by atomic mass is 16.6. The molecule has 0 bridgehead atoms. The molecule has 7 nitrogen and oxygen atoms in total. The number of anilines is 1. The van der Waals surface area contributed by atoms with Gasteiger partial charge in [0.2, 0.25) is 5.82 Å². The smallest absolute Gasteiger partial charge is 0.334 e. The SMILES string of the molecule is COC(C)CNc1c([N+](=O)[O-])c(C(C)C)nn1C. The predicted octanol–water partition coefficient (Wildman–Crippen LogP) is 1.90. The summed E-state index contributed by atoms with van der Waals surface area (Å²) in [4.78, 5) is 10.8. The molecule has 0 aromatic carbocycles. The van der Waals surface area contributed by atoms with E-state index in [4.69, 9.17) is 4.74 Å². The quantitative estimate of drug-likeness (QED) is 0.621. The molecule has 0 radical (unpaired) electrons. The first-order valence-electron chi connectivity index (χ1n) is 5.86. The largest absolute Gasteiger partial charge is 0.380 e. The van der Waals surface area contributed by atoms with Crippen molar-refractivity contribution in [3.63, 3.8) is 0 Å². The molecule has 1 aromatic heterocycles. The van der Waals surface area contributed by atoms with Gasteiger partial charge in [0.05, 0.1) is 11.0 Å². The van der Waals surface area contributed by atoms with Crippen LogP contribution in [0.15, 0.2) is 0 Å². The second kappa shape index (κ2) is 5.81. The molecule has 0 spiro atoms. The number of nitro groups is 1. The summed E-state index contributed by atoms with van der Waals surface area (Å²) in [5.41, 5.74) is 0.547. The lowest BCUT2D eigenvalue weighted by Gasteiger charge is -2.11. The van der Waals surface area contributed by atoms with Crippen molar-refractivity contribution in [3.8, 4) is 0 Å². The number of rotatable bonds is 6. The normalized spacial score (nSPS) is 12.8. The van der Waals surface area contributed by atoms with Gasteiger partial charge in [-0.25, -0.2) is 4.68 Å². The van der Waals surface area contributed by atoms with Crippen LogP contribution in [0.1, 0.15) is 32.4 Å². The van der Waals surface area contributed by atoms with Crippen LogP contribution in [0.2, 0.25) is 0 Å². The van der Waals surface area contributed by atoms with Crippen molar-refractivity contribution in [1.82, 2.24) is 9.78 Å². The summed E-state index contributed by atoms with van der Waals surface area (Å²) >= 11 is 0. The van der Waals surface area contributed by atoms with Gasteiger partial charge < -0.3 is 10.1 Å². The maximum atomic E-state index is 11.2. The molecule has 1 atom stereocenters. The highest BCUT2D eigenvalue weighted by Crippen LogP contribution is 2.32. The van der Waals surface area contributed by atoms with E-state index in [2.05, 4.69) is 10.4 Å². The Balaban J connectivity index is 3.06. The minimum absolute atomic E-state index is 0.00648. The lowest BCUT2D eigenvalue weighted by molar-refractivity contribution is -0.384. The van der Waals surface area contributed by atoms with Crippen LogP contribution in [0.4, 0.5) is 11.5 Å². The van der Waals surface area contributed by atoms with Crippen LogP contribution in [-0.2, 0) is 11.8 Å². The van der Waals surface area contributed by atoms with Crippen LogP contribution < -0.4 is 5.32 Å². The highest BCUT2D eigenvalue weighted by Gasteiger charge is 2.28. The van der Waals surface area contributed by atoms with Crippen molar-refractivity contribution < 1.29 is 9.66 Å². The molecular weight excluding hydrogens is 236 g/mol. The third kappa shape index (κ3) is 2.98. The molecule has 0 aliphatic rings. The summed E-state index contributed by atoms with van der Waals surface area (Å²) in [6, 6.07) is 0. The van der Waals surface area contributed by atoms with Crippen LogP contribution in [-0.4, -0.2) is 34.5 Å². The van der Waals surface area contributed by atoms with Gasteiger partial charge in [0.1, 0.15) is 5.69 Å². The zero-order valence-corrected chi connectivity index (χ0v) is 11.4. The van der Waals surface area contributed by atoms with Crippen molar-refractivity contribution in [2.24, 2.45) is 7.05 Å². The van der Waals surface area contributed by atoms with E-state index in [9.17, 15) is 10.1 Å². The molecular formula is C11H20N4O3. The number of aryl methyl sites for hydroxylation is 1. The Bertz CT molecular complexity index is 428. The molecule has 1 heterocycles. The Morgan fingerprint density at radius 1 is 1.50 bits per heavy atom. The first-order valence-corrected chi connectivity index (χ1v) is 5.86. The fraction of sp³-hybridized carbons (Fsp3) is 0.727. The van der Waals surface area contributed by atoms with Crippen LogP contribution in [0.3, 0.4) is 0 Å². The van der Waals surface area contributed by atoms with E-state index in [1.54, 1.807) is 14.2 Å². The van der Waals surface area contributed by atoms with Crippen molar-refractivity contribution in [2.75, 3.05) is 19.0 Å². The Kier molecular flexibility index (Phi) is 4.66. The molecule has 1 aromatic rings. The topological polar surface area (TPSA) is 82.2 Å². The van der Waals surface area contributed by atoms with Crippen LogP contribution in [0, 0.1) is 10.1 Å². The van der Waals surface area contributed by atoms with E-state index >= 15 is 0 Å². The zero-order chi connectivity index (χ0) is 13.9. The van der Waals surface area contributed by atoms with Crippen LogP contribution in [0.25, 0.3) is 0 Å². The Hall–Kier alpha value is -1.63. The lowest BCUT2D eigenvalue weighted by Crippen LogP contribution is -2.20. The molecule has 0 saturated heterocycles. The van der Waals surface area contributed by atoms with Gasteiger partial charge in [-0.05, 0) is 6.92 Å². The Morgan fingerprint density at radius 3 is 2.56 bits per heavy atom. The number of aromatic nitrogens is 2.